The summed E-state index contributed by atoms with van der Waals surface area (Å²) in [5.74, 6) is 0.814. The van der Waals surface area contributed by atoms with Gasteiger partial charge in [0.15, 0.2) is 5.82 Å². The van der Waals surface area contributed by atoms with E-state index in [1.807, 2.05) is 30.3 Å². The first-order valence-corrected chi connectivity index (χ1v) is 6.95. The van der Waals surface area contributed by atoms with Gasteiger partial charge in [0.25, 0.3) is 0 Å². The summed E-state index contributed by atoms with van der Waals surface area (Å²) in [6, 6.07) is 9.74. The Bertz CT molecular complexity index is 580. The van der Waals surface area contributed by atoms with Crippen LogP contribution in [0, 0.1) is 5.92 Å². The van der Waals surface area contributed by atoms with Crippen molar-refractivity contribution in [2.45, 2.75) is 25.7 Å². The molecule has 1 aromatic heterocycles. The monoisotopic (exact) mass is 271 g/mol. The minimum absolute atomic E-state index is 0.0361. The second-order valence-corrected chi connectivity index (χ2v) is 5.03. The molecule has 6 nitrogen and oxygen atoms in total. The Labute approximate surface area is 117 Å². The molecule has 1 unspecified atom stereocenters. The van der Waals surface area contributed by atoms with Crippen LogP contribution in [0.2, 0.25) is 0 Å². The zero-order valence-electron chi connectivity index (χ0n) is 11.2. The van der Waals surface area contributed by atoms with E-state index in [4.69, 9.17) is 0 Å². The maximum Gasteiger partial charge on any atom is 0.223 e. The van der Waals surface area contributed by atoms with Gasteiger partial charge in [-0.3, -0.25) is 4.79 Å². The number of amides is 1. The summed E-state index contributed by atoms with van der Waals surface area (Å²) in [7, 11) is 0. The number of hydrogen-bond acceptors (Lipinski definition) is 4. The molecule has 1 aliphatic rings. The molecular weight excluding hydrogens is 254 g/mol. The Morgan fingerprint density at radius 3 is 2.95 bits per heavy atom. The number of benzene rings is 1. The highest BCUT2D eigenvalue weighted by molar-refractivity contribution is 5.79. The lowest BCUT2D eigenvalue weighted by Gasteiger charge is -2.12. The molecule has 1 saturated heterocycles. The van der Waals surface area contributed by atoms with Gasteiger partial charge in [0.2, 0.25) is 5.91 Å². The lowest BCUT2D eigenvalue weighted by Crippen LogP contribution is -2.30. The van der Waals surface area contributed by atoms with E-state index in [0.717, 1.165) is 37.3 Å². The van der Waals surface area contributed by atoms with E-state index in [1.165, 1.54) is 0 Å². The molecule has 6 heteroatoms. The Morgan fingerprint density at radius 1 is 1.25 bits per heavy atom. The smallest absolute Gasteiger partial charge is 0.223 e. The zero-order valence-corrected chi connectivity index (χ0v) is 11.2. The standard InChI is InChI=1S/C14H17N5O/c20-14-11(6-4-5-9-15-14)10-13-16-17-18-19(13)12-7-2-1-3-8-12/h1-3,7-8,11H,4-6,9-10H2,(H,15,20). The molecule has 2 aromatic rings. The van der Waals surface area contributed by atoms with Crippen molar-refractivity contribution >= 4 is 5.91 Å². The molecule has 1 amide bonds. The summed E-state index contributed by atoms with van der Waals surface area (Å²) in [6.07, 6.45) is 3.59. The highest BCUT2D eigenvalue weighted by atomic mass is 16.1. The highest BCUT2D eigenvalue weighted by Gasteiger charge is 2.23. The number of aromatic nitrogens is 4. The fourth-order valence-corrected chi connectivity index (χ4v) is 2.52. The lowest BCUT2D eigenvalue weighted by atomic mass is 9.98. The van der Waals surface area contributed by atoms with Crippen LogP contribution in [0.25, 0.3) is 5.69 Å². The van der Waals surface area contributed by atoms with Crippen molar-refractivity contribution in [1.82, 2.24) is 25.5 Å². The van der Waals surface area contributed by atoms with Crippen molar-refractivity contribution in [2.75, 3.05) is 6.54 Å². The van der Waals surface area contributed by atoms with Crippen molar-refractivity contribution < 1.29 is 4.79 Å². The van der Waals surface area contributed by atoms with Crippen molar-refractivity contribution in [3.05, 3.63) is 36.2 Å². The molecule has 104 valence electrons. The summed E-state index contributed by atoms with van der Waals surface area (Å²) in [5, 5.41) is 14.8. The Balaban J connectivity index is 1.81. The van der Waals surface area contributed by atoms with E-state index < -0.39 is 0 Å². The van der Waals surface area contributed by atoms with Crippen molar-refractivity contribution in [3.8, 4) is 5.69 Å². The molecule has 0 spiro atoms. The lowest BCUT2D eigenvalue weighted by molar-refractivity contribution is -0.124. The summed E-state index contributed by atoms with van der Waals surface area (Å²) in [5.41, 5.74) is 0.918. The van der Waals surface area contributed by atoms with Gasteiger partial charge in [0.05, 0.1) is 5.69 Å². The van der Waals surface area contributed by atoms with Gasteiger partial charge in [-0.2, -0.15) is 4.68 Å². The predicted molar refractivity (Wildman–Crippen MR) is 73.2 cm³/mol. The maximum absolute atomic E-state index is 12.0. The first kappa shape index (κ1) is 12.8. The topological polar surface area (TPSA) is 72.7 Å². The zero-order chi connectivity index (χ0) is 13.8. The van der Waals surface area contributed by atoms with E-state index in [9.17, 15) is 4.79 Å². The van der Waals surface area contributed by atoms with Gasteiger partial charge < -0.3 is 5.32 Å². The Hall–Kier alpha value is -2.24. The summed E-state index contributed by atoms with van der Waals surface area (Å²) < 4.78 is 1.71. The second-order valence-electron chi connectivity index (χ2n) is 5.03. The van der Waals surface area contributed by atoms with Gasteiger partial charge in [-0.25, -0.2) is 0 Å². The van der Waals surface area contributed by atoms with Gasteiger partial charge in [0.1, 0.15) is 0 Å². The van der Waals surface area contributed by atoms with Crippen LogP contribution in [0.3, 0.4) is 0 Å². The van der Waals surface area contributed by atoms with Gasteiger partial charge in [0, 0.05) is 18.9 Å². The fourth-order valence-electron chi connectivity index (χ4n) is 2.52. The Morgan fingerprint density at radius 2 is 2.10 bits per heavy atom. The third-order valence-electron chi connectivity index (χ3n) is 3.61. The molecule has 1 aliphatic heterocycles. The van der Waals surface area contributed by atoms with Crippen LogP contribution in [0.4, 0.5) is 0 Å². The van der Waals surface area contributed by atoms with Crippen LogP contribution in [0.5, 0.6) is 0 Å². The number of para-hydroxylation sites is 1. The highest BCUT2D eigenvalue weighted by Crippen LogP contribution is 2.18. The minimum Gasteiger partial charge on any atom is -0.356 e. The first-order chi connectivity index (χ1) is 9.84. The molecule has 1 atom stereocenters. The molecule has 20 heavy (non-hydrogen) atoms. The number of hydrogen-bond donors (Lipinski definition) is 1. The van der Waals surface area contributed by atoms with Gasteiger partial charge in [-0.05, 0) is 35.4 Å². The number of rotatable bonds is 3. The summed E-state index contributed by atoms with van der Waals surface area (Å²) in [6.45, 7) is 0.777. The molecule has 0 aliphatic carbocycles. The molecule has 1 aromatic carbocycles. The molecule has 1 N–H and O–H groups in total. The third-order valence-corrected chi connectivity index (χ3v) is 3.61. The van der Waals surface area contributed by atoms with Crippen LogP contribution in [-0.4, -0.2) is 32.7 Å². The normalized spacial score (nSPS) is 19.4. The SMILES string of the molecule is O=C1NCCCCC1Cc1nnnn1-c1ccccc1. The number of carbonyl (C=O) groups excluding carboxylic acids is 1. The van der Waals surface area contributed by atoms with Crippen LogP contribution in [0.1, 0.15) is 25.1 Å². The Kier molecular flexibility index (Phi) is 3.71. The fraction of sp³-hybridized carbons (Fsp3) is 0.429. The van der Waals surface area contributed by atoms with E-state index >= 15 is 0 Å². The maximum atomic E-state index is 12.0. The van der Waals surface area contributed by atoms with E-state index in [2.05, 4.69) is 20.8 Å². The van der Waals surface area contributed by atoms with Crippen molar-refractivity contribution in [1.29, 1.82) is 0 Å². The van der Waals surface area contributed by atoms with Crippen molar-refractivity contribution in [2.24, 2.45) is 5.92 Å². The number of nitrogens with one attached hydrogen (secondary N) is 1. The van der Waals surface area contributed by atoms with Crippen LogP contribution < -0.4 is 5.32 Å². The minimum atomic E-state index is -0.0361. The average molecular weight is 271 g/mol. The van der Waals surface area contributed by atoms with E-state index in [1.54, 1.807) is 4.68 Å². The van der Waals surface area contributed by atoms with Gasteiger partial charge in [-0.1, -0.05) is 24.6 Å². The van der Waals surface area contributed by atoms with E-state index in [0.29, 0.717) is 6.42 Å². The van der Waals surface area contributed by atoms with Crippen molar-refractivity contribution in [3.63, 3.8) is 0 Å². The largest absolute Gasteiger partial charge is 0.356 e. The van der Waals surface area contributed by atoms with E-state index in [-0.39, 0.29) is 11.8 Å². The molecule has 1 fully saturated rings. The van der Waals surface area contributed by atoms with Crippen LogP contribution in [-0.2, 0) is 11.2 Å². The third kappa shape index (κ3) is 2.68. The molecule has 2 heterocycles. The first-order valence-electron chi connectivity index (χ1n) is 6.95. The number of nitrogens with zero attached hydrogens (tertiary/aromatic N) is 4. The predicted octanol–water partition coefficient (Wildman–Crippen LogP) is 1.12. The molecule has 0 saturated carbocycles. The van der Waals surface area contributed by atoms with Crippen LogP contribution in [0.15, 0.2) is 30.3 Å². The molecule has 0 radical (unpaired) electrons. The second kappa shape index (κ2) is 5.81. The number of tetrazole rings is 1. The van der Waals surface area contributed by atoms with Gasteiger partial charge >= 0.3 is 0 Å². The molecular formula is C14H17N5O. The average Bonchev–Trinajstić information content (AvgIpc) is 2.85. The summed E-state index contributed by atoms with van der Waals surface area (Å²) >= 11 is 0. The quantitative estimate of drug-likeness (QED) is 0.908. The molecule has 3 rings (SSSR count). The van der Waals surface area contributed by atoms with Gasteiger partial charge in [-0.15, -0.1) is 5.10 Å². The number of carbonyl (C=O) groups is 1. The summed E-state index contributed by atoms with van der Waals surface area (Å²) in [4.78, 5) is 12.0. The molecule has 0 bridgehead atoms. The van der Waals surface area contributed by atoms with Crippen LogP contribution >= 0.6 is 0 Å².